The van der Waals surface area contributed by atoms with Gasteiger partial charge in [-0.1, -0.05) is 19.8 Å². The highest BCUT2D eigenvalue weighted by molar-refractivity contribution is 6.00. The molecule has 2 rings (SSSR count). The molecule has 1 aliphatic rings. The summed E-state index contributed by atoms with van der Waals surface area (Å²) >= 11 is 0. The van der Waals surface area contributed by atoms with E-state index < -0.39 is 0 Å². The molecule has 1 fully saturated rings. The van der Waals surface area contributed by atoms with Crippen LogP contribution in [0.5, 0.6) is 0 Å². The third kappa shape index (κ3) is 3.34. The maximum absolute atomic E-state index is 12.5. The SMILES string of the molecule is CCOC(=O)c1c(C)[nH]c(C(=O)N[C@@H]2CCCC[C@@H]2C)c1C. The van der Waals surface area contributed by atoms with Gasteiger partial charge in [0.05, 0.1) is 12.2 Å². The van der Waals surface area contributed by atoms with Crippen LogP contribution in [0.15, 0.2) is 0 Å². The van der Waals surface area contributed by atoms with Crippen molar-refractivity contribution in [1.29, 1.82) is 0 Å². The van der Waals surface area contributed by atoms with Crippen LogP contribution in [0.25, 0.3) is 0 Å². The normalized spacial score (nSPS) is 21.5. The van der Waals surface area contributed by atoms with E-state index in [0.717, 1.165) is 19.3 Å². The molecule has 1 aromatic heterocycles. The van der Waals surface area contributed by atoms with Gasteiger partial charge in [-0.25, -0.2) is 4.79 Å². The lowest BCUT2D eigenvalue weighted by Gasteiger charge is -2.29. The number of amides is 1. The van der Waals surface area contributed by atoms with Crippen molar-refractivity contribution in [3.05, 3.63) is 22.5 Å². The Morgan fingerprint density at radius 2 is 1.95 bits per heavy atom. The maximum Gasteiger partial charge on any atom is 0.340 e. The van der Waals surface area contributed by atoms with Gasteiger partial charge in [0.1, 0.15) is 5.69 Å². The summed E-state index contributed by atoms with van der Waals surface area (Å²) in [5, 5.41) is 3.11. The molecule has 0 aliphatic heterocycles. The average Bonchev–Trinajstić information content (AvgIpc) is 2.77. The zero-order valence-electron chi connectivity index (χ0n) is 13.9. The molecule has 5 heteroatoms. The van der Waals surface area contributed by atoms with E-state index in [4.69, 9.17) is 4.74 Å². The third-order valence-corrected chi connectivity index (χ3v) is 4.57. The predicted molar refractivity (Wildman–Crippen MR) is 85.1 cm³/mol. The van der Waals surface area contributed by atoms with Gasteiger partial charge in [0.2, 0.25) is 0 Å². The summed E-state index contributed by atoms with van der Waals surface area (Å²) in [5.74, 6) is -0.00711. The van der Waals surface area contributed by atoms with Crippen molar-refractivity contribution in [3.63, 3.8) is 0 Å². The third-order valence-electron chi connectivity index (χ3n) is 4.57. The number of aryl methyl sites for hydroxylation is 1. The first kappa shape index (κ1) is 16.6. The monoisotopic (exact) mass is 306 g/mol. The Bertz CT molecular complexity index is 562. The highest BCUT2D eigenvalue weighted by Gasteiger charge is 2.27. The molecule has 1 amide bonds. The van der Waals surface area contributed by atoms with Crippen molar-refractivity contribution < 1.29 is 14.3 Å². The van der Waals surface area contributed by atoms with E-state index in [1.807, 2.05) is 0 Å². The summed E-state index contributed by atoms with van der Waals surface area (Å²) in [5.41, 5.74) is 2.29. The number of carbonyl (C=O) groups is 2. The number of nitrogens with one attached hydrogen (secondary N) is 2. The molecule has 122 valence electrons. The number of ether oxygens (including phenoxy) is 1. The molecular formula is C17H26N2O3. The molecule has 0 aromatic carbocycles. The molecule has 0 spiro atoms. The standard InChI is InChI=1S/C17H26N2O3/c1-5-22-17(21)14-11(3)15(18-12(14)4)16(20)19-13-9-7-6-8-10(13)2/h10,13,18H,5-9H2,1-4H3,(H,19,20)/t10-,13+/m0/s1. The molecule has 0 saturated heterocycles. The lowest BCUT2D eigenvalue weighted by Crippen LogP contribution is -2.41. The van der Waals surface area contributed by atoms with E-state index in [2.05, 4.69) is 17.2 Å². The summed E-state index contributed by atoms with van der Waals surface area (Å²) < 4.78 is 5.06. The van der Waals surface area contributed by atoms with Crippen molar-refractivity contribution in [1.82, 2.24) is 10.3 Å². The molecule has 1 saturated carbocycles. The van der Waals surface area contributed by atoms with Gasteiger partial charge >= 0.3 is 5.97 Å². The molecule has 22 heavy (non-hydrogen) atoms. The van der Waals surface area contributed by atoms with Gasteiger partial charge in [0.25, 0.3) is 5.91 Å². The van der Waals surface area contributed by atoms with Gasteiger partial charge in [0.15, 0.2) is 0 Å². The summed E-state index contributed by atoms with van der Waals surface area (Å²) in [6.07, 6.45) is 4.57. The van der Waals surface area contributed by atoms with E-state index in [1.165, 1.54) is 6.42 Å². The van der Waals surface area contributed by atoms with Crippen molar-refractivity contribution in [2.75, 3.05) is 6.61 Å². The number of hydrogen-bond donors (Lipinski definition) is 2. The fraction of sp³-hybridized carbons (Fsp3) is 0.647. The number of H-pyrrole nitrogens is 1. The van der Waals surface area contributed by atoms with Gasteiger partial charge in [-0.2, -0.15) is 0 Å². The zero-order valence-corrected chi connectivity index (χ0v) is 13.9. The van der Waals surface area contributed by atoms with Crippen LogP contribution < -0.4 is 5.32 Å². The maximum atomic E-state index is 12.5. The van der Waals surface area contributed by atoms with E-state index in [0.29, 0.717) is 35.0 Å². The van der Waals surface area contributed by atoms with E-state index in [9.17, 15) is 9.59 Å². The Balaban J connectivity index is 2.16. The smallest absolute Gasteiger partial charge is 0.340 e. The van der Waals surface area contributed by atoms with Crippen LogP contribution in [0, 0.1) is 19.8 Å². The topological polar surface area (TPSA) is 71.2 Å². The fourth-order valence-corrected chi connectivity index (χ4v) is 3.26. The van der Waals surface area contributed by atoms with E-state index in [-0.39, 0.29) is 17.9 Å². The quantitative estimate of drug-likeness (QED) is 0.840. The van der Waals surface area contributed by atoms with E-state index in [1.54, 1.807) is 20.8 Å². The van der Waals surface area contributed by atoms with Crippen molar-refractivity contribution in [2.24, 2.45) is 5.92 Å². The molecule has 1 aromatic rings. The first-order chi connectivity index (χ1) is 10.5. The Hall–Kier alpha value is -1.78. The van der Waals surface area contributed by atoms with Crippen molar-refractivity contribution in [2.45, 2.75) is 59.4 Å². The van der Waals surface area contributed by atoms with Gasteiger partial charge < -0.3 is 15.0 Å². The average molecular weight is 306 g/mol. The molecule has 5 nitrogen and oxygen atoms in total. The lowest BCUT2D eigenvalue weighted by molar-refractivity contribution is 0.0525. The first-order valence-corrected chi connectivity index (χ1v) is 8.12. The Kier molecular flexibility index (Phi) is 5.27. The number of aromatic amines is 1. The molecule has 0 radical (unpaired) electrons. The Labute approximate surface area is 131 Å². The van der Waals surface area contributed by atoms with E-state index >= 15 is 0 Å². The molecule has 2 N–H and O–H groups in total. The van der Waals surface area contributed by atoms with Gasteiger partial charge in [0, 0.05) is 11.7 Å². The molecule has 2 atom stereocenters. The minimum atomic E-state index is -0.376. The second kappa shape index (κ2) is 6.99. The highest BCUT2D eigenvalue weighted by atomic mass is 16.5. The van der Waals surface area contributed by atoms with Gasteiger partial charge in [-0.05, 0) is 45.1 Å². The Morgan fingerprint density at radius 3 is 2.59 bits per heavy atom. The summed E-state index contributed by atoms with van der Waals surface area (Å²) in [4.78, 5) is 27.6. The molecule has 0 bridgehead atoms. The lowest BCUT2D eigenvalue weighted by atomic mass is 9.86. The van der Waals surface area contributed by atoms with Crippen molar-refractivity contribution >= 4 is 11.9 Å². The first-order valence-electron chi connectivity index (χ1n) is 8.12. The van der Waals surface area contributed by atoms with Gasteiger partial charge in [-0.15, -0.1) is 0 Å². The minimum Gasteiger partial charge on any atom is -0.462 e. The zero-order chi connectivity index (χ0) is 16.3. The van der Waals surface area contributed by atoms with Crippen LogP contribution in [0.1, 0.15) is 71.6 Å². The summed E-state index contributed by atoms with van der Waals surface area (Å²) in [7, 11) is 0. The van der Waals surface area contributed by atoms with Gasteiger partial charge in [-0.3, -0.25) is 4.79 Å². The highest BCUT2D eigenvalue weighted by Crippen LogP contribution is 2.25. The van der Waals surface area contributed by atoms with Crippen LogP contribution in [-0.2, 0) is 4.74 Å². The number of hydrogen-bond acceptors (Lipinski definition) is 3. The molecule has 0 unspecified atom stereocenters. The second-order valence-corrected chi connectivity index (χ2v) is 6.19. The number of carbonyl (C=O) groups excluding carboxylic acids is 2. The van der Waals surface area contributed by atoms with Crippen LogP contribution >= 0.6 is 0 Å². The number of aromatic nitrogens is 1. The summed E-state index contributed by atoms with van der Waals surface area (Å²) in [6.45, 7) is 7.85. The number of esters is 1. The van der Waals surface area contributed by atoms with Crippen LogP contribution in [0.2, 0.25) is 0 Å². The summed E-state index contributed by atoms with van der Waals surface area (Å²) in [6, 6.07) is 0.218. The predicted octanol–water partition coefficient (Wildman–Crippen LogP) is 3.12. The van der Waals surface area contributed by atoms with Crippen LogP contribution in [0.4, 0.5) is 0 Å². The second-order valence-electron chi connectivity index (χ2n) is 6.19. The minimum absolute atomic E-state index is 0.130. The Morgan fingerprint density at radius 1 is 1.27 bits per heavy atom. The molecular weight excluding hydrogens is 280 g/mol. The largest absolute Gasteiger partial charge is 0.462 e. The van der Waals surface area contributed by atoms with Crippen LogP contribution in [0.3, 0.4) is 0 Å². The van der Waals surface area contributed by atoms with Crippen LogP contribution in [-0.4, -0.2) is 29.5 Å². The molecule has 1 aliphatic carbocycles. The molecule has 1 heterocycles. The number of rotatable bonds is 4. The van der Waals surface area contributed by atoms with Crippen molar-refractivity contribution in [3.8, 4) is 0 Å². The fourth-order valence-electron chi connectivity index (χ4n) is 3.26.